The Morgan fingerprint density at radius 1 is 1.48 bits per heavy atom. The molecule has 2 rings (SSSR count). The monoisotopic (exact) mass is 288 g/mol. The number of benzene rings is 1. The van der Waals surface area contributed by atoms with E-state index in [4.69, 9.17) is 5.26 Å². The average molecular weight is 288 g/mol. The number of rotatable bonds is 3. The Labute approximate surface area is 118 Å². The van der Waals surface area contributed by atoms with E-state index in [2.05, 4.69) is 5.10 Å². The van der Waals surface area contributed by atoms with Gasteiger partial charge in [-0.3, -0.25) is 14.9 Å². The van der Waals surface area contributed by atoms with Gasteiger partial charge in [-0.1, -0.05) is 0 Å². The second-order valence-electron chi connectivity index (χ2n) is 4.33. The van der Waals surface area contributed by atoms with Gasteiger partial charge in [0.1, 0.15) is 11.9 Å². The number of nitro groups is 1. The lowest BCUT2D eigenvalue weighted by molar-refractivity contribution is -0.385. The van der Waals surface area contributed by atoms with Gasteiger partial charge in [0, 0.05) is 11.8 Å². The number of aryl methyl sites for hydroxylation is 1. The van der Waals surface area contributed by atoms with E-state index < -0.39 is 22.2 Å². The van der Waals surface area contributed by atoms with Gasteiger partial charge in [-0.15, -0.1) is 0 Å². The molecule has 0 bridgehead atoms. The van der Waals surface area contributed by atoms with Crippen LogP contribution >= 0.6 is 0 Å². The van der Waals surface area contributed by atoms with Crippen LogP contribution in [0.2, 0.25) is 0 Å². The number of nitrogens with zero attached hydrogens (tertiary/aromatic N) is 4. The Bertz CT molecular complexity index is 804. The minimum absolute atomic E-state index is 0.0619. The molecule has 1 aromatic heterocycles. The summed E-state index contributed by atoms with van der Waals surface area (Å²) in [5, 5.41) is 23.6. The highest BCUT2D eigenvalue weighted by Crippen LogP contribution is 2.26. The van der Waals surface area contributed by atoms with Gasteiger partial charge in [0.05, 0.1) is 22.2 Å². The predicted octanol–water partition coefficient (Wildman–Crippen LogP) is 2.30. The van der Waals surface area contributed by atoms with Crippen molar-refractivity contribution in [1.29, 1.82) is 5.26 Å². The number of hydrogen-bond acceptors (Lipinski definition) is 5. The summed E-state index contributed by atoms with van der Waals surface area (Å²) >= 11 is 0. The summed E-state index contributed by atoms with van der Waals surface area (Å²) in [6.45, 7) is 2.74. The molecule has 106 valence electrons. The molecule has 0 aliphatic rings. The van der Waals surface area contributed by atoms with Gasteiger partial charge in [-0.2, -0.15) is 10.4 Å². The van der Waals surface area contributed by atoms with E-state index in [0.717, 1.165) is 17.7 Å². The molecule has 1 aromatic carbocycles. The average Bonchev–Trinajstić information content (AvgIpc) is 2.78. The molecule has 0 aliphatic heterocycles. The number of carbonyl (C=O) groups excluding carboxylic acids is 1. The number of non-ortho nitro benzene ring substituents is 1. The SMILES string of the molecule is CC(=O)c1c(F)cc([N+](=O)[O-])cc1-n1nc(C#N)cc1C. The Morgan fingerprint density at radius 3 is 2.62 bits per heavy atom. The third-order valence-electron chi connectivity index (χ3n) is 2.85. The van der Waals surface area contributed by atoms with Gasteiger partial charge in [0.25, 0.3) is 5.69 Å². The zero-order valence-electron chi connectivity index (χ0n) is 11.1. The normalized spacial score (nSPS) is 10.2. The fourth-order valence-corrected chi connectivity index (χ4v) is 1.97. The van der Waals surface area contributed by atoms with Crippen LogP contribution in [0.4, 0.5) is 10.1 Å². The topological polar surface area (TPSA) is 102 Å². The molecule has 0 saturated heterocycles. The Balaban J connectivity index is 2.82. The van der Waals surface area contributed by atoms with Crippen LogP contribution < -0.4 is 0 Å². The van der Waals surface area contributed by atoms with E-state index in [9.17, 15) is 19.3 Å². The molecule has 1 heterocycles. The quantitative estimate of drug-likeness (QED) is 0.490. The van der Waals surface area contributed by atoms with Crippen LogP contribution in [-0.2, 0) is 0 Å². The Kier molecular flexibility index (Phi) is 3.50. The van der Waals surface area contributed by atoms with Crippen LogP contribution in [0.3, 0.4) is 0 Å². The first-order valence-electron chi connectivity index (χ1n) is 5.81. The highest BCUT2D eigenvalue weighted by atomic mass is 19.1. The molecule has 0 radical (unpaired) electrons. The number of Topliss-reactive ketones (excluding diaryl/α,β-unsaturated/α-hetero) is 1. The second kappa shape index (κ2) is 5.13. The lowest BCUT2D eigenvalue weighted by Gasteiger charge is -2.10. The van der Waals surface area contributed by atoms with E-state index in [1.54, 1.807) is 6.92 Å². The van der Waals surface area contributed by atoms with Crippen molar-refractivity contribution in [1.82, 2.24) is 9.78 Å². The lowest BCUT2D eigenvalue weighted by atomic mass is 10.1. The van der Waals surface area contributed by atoms with Crippen molar-refractivity contribution in [3.63, 3.8) is 0 Å². The molecule has 0 spiro atoms. The lowest BCUT2D eigenvalue weighted by Crippen LogP contribution is -2.10. The summed E-state index contributed by atoms with van der Waals surface area (Å²) in [5.41, 5.74) is -0.353. The molecule has 0 saturated carbocycles. The Morgan fingerprint density at radius 2 is 2.14 bits per heavy atom. The van der Waals surface area contributed by atoms with Crippen molar-refractivity contribution >= 4 is 11.5 Å². The third-order valence-corrected chi connectivity index (χ3v) is 2.85. The maximum atomic E-state index is 14.0. The van der Waals surface area contributed by atoms with Crippen LogP contribution in [0, 0.1) is 34.2 Å². The van der Waals surface area contributed by atoms with Crippen molar-refractivity contribution in [2.75, 3.05) is 0 Å². The van der Waals surface area contributed by atoms with Crippen LogP contribution in [0.1, 0.15) is 28.7 Å². The van der Waals surface area contributed by atoms with Gasteiger partial charge in [0.15, 0.2) is 11.5 Å². The van der Waals surface area contributed by atoms with Crippen LogP contribution in [0.5, 0.6) is 0 Å². The van der Waals surface area contributed by atoms with Crippen LogP contribution in [0.25, 0.3) is 5.69 Å². The number of carbonyl (C=O) groups is 1. The first-order valence-corrected chi connectivity index (χ1v) is 5.81. The molecule has 2 aromatic rings. The maximum Gasteiger partial charge on any atom is 0.274 e. The zero-order valence-corrected chi connectivity index (χ0v) is 11.1. The van der Waals surface area contributed by atoms with Gasteiger partial charge < -0.3 is 0 Å². The maximum absolute atomic E-state index is 14.0. The van der Waals surface area contributed by atoms with Crippen molar-refractivity contribution in [3.05, 3.63) is 51.1 Å². The molecule has 0 unspecified atom stereocenters. The third kappa shape index (κ3) is 2.49. The number of hydrogen-bond donors (Lipinski definition) is 0. The number of nitro benzene ring substituents is 1. The van der Waals surface area contributed by atoms with E-state index in [1.807, 2.05) is 6.07 Å². The fraction of sp³-hybridized carbons (Fsp3) is 0.154. The molecule has 0 fully saturated rings. The number of ketones is 1. The van der Waals surface area contributed by atoms with E-state index >= 15 is 0 Å². The van der Waals surface area contributed by atoms with Crippen LogP contribution in [0.15, 0.2) is 18.2 Å². The minimum atomic E-state index is -1.000. The molecule has 0 atom stereocenters. The molecular weight excluding hydrogens is 279 g/mol. The van der Waals surface area contributed by atoms with Gasteiger partial charge in [0.2, 0.25) is 0 Å². The molecule has 7 nitrogen and oxygen atoms in total. The first kappa shape index (κ1) is 14.3. The summed E-state index contributed by atoms with van der Waals surface area (Å²) in [6.07, 6.45) is 0. The molecule has 0 N–H and O–H groups in total. The van der Waals surface area contributed by atoms with Crippen LogP contribution in [-0.4, -0.2) is 20.5 Å². The van der Waals surface area contributed by atoms with E-state index in [-0.39, 0.29) is 16.9 Å². The zero-order chi connectivity index (χ0) is 15.7. The van der Waals surface area contributed by atoms with Crippen molar-refractivity contribution in [2.45, 2.75) is 13.8 Å². The highest BCUT2D eigenvalue weighted by molar-refractivity contribution is 5.98. The summed E-state index contributed by atoms with van der Waals surface area (Å²) in [7, 11) is 0. The molecule has 0 amide bonds. The minimum Gasteiger partial charge on any atom is -0.294 e. The molecule has 8 heteroatoms. The van der Waals surface area contributed by atoms with Gasteiger partial charge in [-0.05, 0) is 19.9 Å². The van der Waals surface area contributed by atoms with Crippen molar-refractivity contribution in [2.24, 2.45) is 0 Å². The van der Waals surface area contributed by atoms with Crippen molar-refractivity contribution < 1.29 is 14.1 Å². The van der Waals surface area contributed by atoms with Gasteiger partial charge >= 0.3 is 0 Å². The Hall–Kier alpha value is -3.08. The summed E-state index contributed by atoms with van der Waals surface area (Å²) < 4.78 is 15.1. The molecule has 21 heavy (non-hydrogen) atoms. The number of halogens is 1. The number of aromatic nitrogens is 2. The summed E-state index contributed by atoms with van der Waals surface area (Å²) in [5.74, 6) is -1.59. The smallest absolute Gasteiger partial charge is 0.274 e. The molecule has 0 aliphatic carbocycles. The van der Waals surface area contributed by atoms with Gasteiger partial charge in [-0.25, -0.2) is 9.07 Å². The second-order valence-corrected chi connectivity index (χ2v) is 4.33. The fourth-order valence-electron chi connectivity index (χ4n) is 1.97. The summed E-state index contributed by atoms with van der Waals surface area (Å²) in [4.78, 5) is 21.7. The standard InChI is InChI=1S/C13H9FN4O3/c1-7-3-9(6-15)16-17(7)12-5-10(18(20)21)4-11(14)13(12)8(2)19/h3-5H,1-2H3. The predicted molar refractivity (Wildman–Crippen MR) is 69.6 cm³/mol. The summed E-state index contributed by atoms with van der Waals surface area (Å²) in [6, 6.07) is 4.99. The number of nitriles is 1. The van der Waals surface area contributed by atoms with E-state index in [1.165, 1.54) is 6.07 Å². The van der Waals surface area contributed by atoms with Crippen molar-refractivity contribution in [3.8, 4) is 11.8 Å². The molecular formula is C13H9FN4O3. The van der Waals surface area contributed by atoms with E-state index in [0.29, 0.717) is 11.8 Å². The highest BCUT2D eigenvalue weighted by Gasteiger charge is 2.22. The first-order chi connectivity index (χ1) is 9.85. The largest absolute Gasteiger partial charge is 0.294 e.